The molecule has 18 heavy (non-hydrogen) atoms. The van der Waals surface area contributed by atoms with E-state index >= 15 is 0 Å². The van der Waals surface area contributed by atoms with Crippen LogP contribution in [0.25, 0.3) is 11.4 Å². The molecule has 0 fully saturated rings. The van der Waals surface area contributed by atoms with Crippen LogP contribution in [-0.4, -0.2) is 22.0 Å². The molecule has 2 aromatic heterocycles. The maximum absolute atomic E-state index is 4.69. The molecule has 0 aliphatic carbocycles. The fraction of sp³-hybridized carbons (Fsp3) is 0.308. The molecule has 0 saturated carbocycles. The fourth-order valence-electron chi connectivity index (χ4n) is 2.10. The topological polar surface area (TPSA) is 50.7 Å². The molecule has 1 aliphatic heterocycles. The summed E-state index contributed by atoms with van der Waals surface area (Å²) < 4.78 is 0. The van der Waals surface area contributed by atoms with Crippen LogP contribution >= 0.6 is 11.8 Å². The van der Waals surface area contributed by atoms with Gasteiger partial charge < -0.3 is 5.32 Å². The summed E-state index contributed by atoms with van der Waals surface area (Å²) in [5.41, 5.74) is 4.56. The van der Waals surface area contributed by atoms with Crippen molar-refractivity contribution in [2.24, 2.45) is 0 Å². The second-order valence-electron chi connectivity index (χ2n) is 4.25. The van der Waals surface area contributed by atoms with E-state index in [1.807, 2.05) is 38.0 Å². The van der Waals surface area contributed by atoms with Crippen molar-refractivity contribution in [1.29, 1.82) is 0 Å². The monoisotopic (exact) mass is 258 g/mol. The number of nitrogens with one attached hydrogen (secondary N) is 1. The van der Waals surface area contributed by atoms with Crippen LogP contribution in [0.3, 0.4) is 0 Å². The quantitative estimate of drug-likeness (QED) is 0.897. The molecule has 0 saturated heterocycles. The number of aryl methyl sites for hydroxylation is 1. The van der Waals surface area contributed by atoms with Gasteiger partial charge in [0.2, 0.25) is 0 Å². The Morgan fingerprint density at radius 1 is 1.28 bits per heavy atom. The van der Waals surface area contributed by atoms with Gasteiger partial charge in [-0.1, -0.05) is 0 Å². The first kappa shape index (κ1) is 11.5. The van der Waals surface area contributed by atoms with Crippen LogP contribution < -0.4 is 5.32 Å². The molecule has 3 rings (SSSR count). The fourth-order valence-corrected chi connectivity index (χ4v) is 3.14. The summed E-state index contributed by atoms with van der Waals surface area (Å²) in [5.74, 6) is 3.72. The number of anilines is 1. The van der Waals surface area contributed by atoms with E-state index in [2.05, 4.69) is 15.3 Å². The van der Waals surface area contributed by atoms with Crippen molar-refractivity contribution >= 4 is 17.6 Å². The number of aromatic nitrogens is 3. The Balaban J connectivity index is 2.17. The first-order chi connectivity index (χ1) is 8.79. The minimum absolute atomic E-state index is 0.792. The number of fused-ring (bicyclic) bond motifs is 1. The third kappa shape index (κ3) is 1.84. The first-order valence-electron chi connectivity index (χ1n) is 5.86. The molecule has 5 heteroatoms. The molecule has 1 N–H and O–H groups in total. The predicted molar refractivity (Wildman–Crippen MR) is 74.5 cm³/mol. The highest BCUT2D eigenvalue weighted by molar-refractivity contribution is 7.98. The second-order valence-corrected chi connectivity index (χ2v) is 5.24. The summed E-state index contributed by atoms with van der Waals surface area (Å²) in [5, 5.41) is 3.18. The number of thioether (sulfide) groups is 1. The van der Waals surface area contributed by atoms with E-state index in [0.717, 1.165) is 40.0 Å². The van der Waals surface area contributed by atoms with Crippen molar-refractivity contribution in [3.8, 4) is 11.4 Å². The standard InChI is InChI=1S/C13H14N4S/c1-8-5-15-4-3-9(8)13-16-11-7-18-6-10(11)12(14-2)17-13/h3-5H,6-7H2,1-2H3,(H,14,16,17). The molecular formula is C13H14N4S. The van der Waals surface area contributed by atoms with E-state index in [9.17, 15) is 0 Å². The summed E-state index contributed by atoms with van der Waals surface area (Å²) in [6, 6.07) is 1.97. The van der Waals surface area contributed by atoms with Gasteiger partial charge in [0, 0.05) is 42.1 Å². The highest BCUT2D eigenvalue weighted by Crippen LogP contribution is 2.34. The number of hydrogen-bond acceptors (Lipinski definition) is 5. The molecule has 0 spiro atoms. The Labute approximate surface area is 110 Å². The van der Waals surface area contributed by atoms with Crippen molar-refractivity contribution in [3.05, 3.63) is 35.3 Å². The highest BCUT2D eigenvalue weighted by atomic mass is 32.2. The third-order valence-corrected chi connectivity index (χ3v) is 4.05. The van der Waals surface area contributed by atoms with Crippen molar-refractivity contribution in [2.45, 2.75) is 18.4 Å². The molecule has 0 atom stereocenters. The molecule has 3 heterocycles. The van der Waals surface area contributed by atoms with Crippen LogP contribution in [0.1, 0.15) is 16.8 Å². The van der Waals surface area contributed by atoms with E-state index in [4.69, 9.17) is 4.98 Å². The van der Waals surface area contributed by atoms with Gasteiger partial charge in [0.1, 0.15) is 5.82 Å². The van der Waals surface area contributed by atoms with Crippen molar-refractivity contribution in [1.82, 2.24) is 15.0 Å². The lowest BCUT2D eigenvalue weighted by Crippen LogP contribution is -2.04. The number of hydrogen-bond donors (Lipinski definition) is 1. The van der Waals surface area contributed by atoms with Crippen molar-refractivity contribution < 1.29 is 0 Å². The van der Waals surface area contributed by atoms with Gasteiger partial charge in [-0.25, -0.2) is 9.97 Å². The van der Waals surface area contributed by atoms with E-state index in [1.165, 1.54) is 5.56 Å². The molecule has 4 nitrogen and oxygen atoms in total. The Morgan fingerprint density at radius 2 is 2.17 bits per heavy atom. The minimum atomic E-state index is 0.792. The van der Waals surface area contributed by atoms with Crippen LogP contribution in [-0.2, 0) is 11.5 Å². The molecule has 0 bridgehead atoms. The predicted octanol–water partition coefficient (Wildman–Crippen LogP) is 2.64. The molecule has 0 radical (unpaired) electrons. The number of rotatable bonds is 2. The van der Waals surface area contributed by atoms with Crippen LogP contribution in [0.2, 0.25) is 0 Å². The van der Waals surface area contributed by atoms with Crippen LogP contribution in [0.4, 0.5) is 5.82 Å². The summed E-state index contributed by atoms with van der Waals surface area (Å²) in [6.45, 7) is 2.03. The number of pyridine rings is 1. The molecule has 0 aromatic carbocycles. The van der Waals surface area contributed by atoms with Crippen molar-refractivity contribution in [2.75, 3.05) is 12.4 Å². The lowest BCUT2D eigenvalue weighted by atomic mass is 10.1. The van der Waals surface area contributed by atoms with Gasteiger partial charge in [0.25, 0.3) is 0 Å². The van der Waals surface area contributed by atoms with E-state index in [1.54, 1.807) is 6.20 Å². The molecule has 92 valence electrons. The van der Waals surface area contributed by atoms with Crippen LogP contribution in [0.5, 0.6) is 0 Å². The maximum Gasteiger partial charge on any atom is 0.162 e. The highest BCUT2D eigenvalue weighted by Gasteiger charge is 2.20. The summed E-state index contributed by atoms with van der Waals surface area (Å²) in [7, 11) is 1.91. The average molecular weight is 258 g/mol. The molecule has 0 unspecified atom stereocenters. The van der Waals surface area contributed by atoms with Gasteiger partial charge in [0.05, 0.1) is 5.69 Å². The van der Waals surface area contributed by atoms with E-state index in [-0.39, 0.29) is 0 Å². The summed E-state index contributed by atoms with van der Waals surface area (Å²) >= 11 is 1.89. The lowest BCUT2D eigenvalue weighted by Gasteiger charge is -2.10. The van der Waals surface area contributed by atoms with Gasteiger partial charge in [-0.2, -0.15) is 11.8 Å². The average Bonchev–Trinajstić information content (AvgIpc) is 2.86. The summed E-state index contributed by atoms with van der Waals surface area (Å²) in [6.07, 6.45) is 3.63. The number of nitrogens with zero attached hydrogens (tertiary/aromatic N) is 3. The largest absolute Gasteiger partial charge is 0.373 e. The molecule has 1 aliphatic rings. The van der Waals surface area contributed by atoms with Crippen LogP contribution in [0.15, 0.2) is 18.5 Å². The first-order valence-corrected chi connectivity index (χ1v) is 7.01. The zero-order valence-corrected chi connectivity index (χ0v) is 11.2. The Kier molecular flexibility index (Phi) is 2.91. The van der Waals surface area contributed by atoms with Gasteiger partial charge >= 0.3 is 0 Å². The SMILES string of the molecule is CNc1nc(-c2ccncc2C)nc2c1CSC2. The van der Waals surface area contributed by atoms with Gasteiger partial charge in [0.15, 0.2) is 5.82 Å². The normalized spacial score (nSPS) is 13.4. The Bertz CT molecular complexity index is 598. The third-order valence-electron chi connectivity index (χ3n) is 3.08. The lowest BCUT2D eigenvalue weighted by molar-refractivity contribution is 1.06. The maximum atomic E-state index is 4.69. The summed E-state index contributed by atoms with van der Waals surface area (Å²) in [4.78, 5) is 13.4. The zero-order valence-electron chi connectivity index (χ0n) is 10.4. The minimum Gasteiger partial charge on any atom is -0.373 e. The second kappa shape index (κ2) is 4.57. The van der Waals surface area contributed by atoms with Gasteiger partial charge in [-0.3, -0.25) is 4.98 Å². The molecule has 2 aromatic rings. The van der Waals surface area contributed by atoms with Gasteiger partial charge in [-0.15, -0.1) is 0 Å². The molecular weight excluding hydrogens is 244 g/mol. The molecule has 0 amide bonds. The zero-order chi connectivity index (χ0) is 12.5. The smallest absolute Gasteiger partial charge is 0.162 e. The van der Waals surface area contributed by atoms with E-state index < -0.39 is 0 Å². The van der Waals surface area contributed by atoms with Gasteiger partial charge in [-0.05, 0) is 18.6 Å². The van der Waals surface area contributed by atoms with E-state index in [0.29, 0.717) is 0 Å². The Hall–Kier alpha value is -1.62. The van der Waals surface area contributed by atoms with Crippen molar-refractivity contribution in [3.63, 3.8) is 0 Å². The Morgan fingerprint density at radius 3 is 2.94 bits per heavy atom. The van der Waals surface area contributed by atoms with Crippen LogP contribution in [0, 0.1) is 6.92 Å².